The minimum Gasteiger partial charge on any atom is -0.316 e. The van der Waals surface area contributed by atoms with Crippen LogP contribution >= 0.6 is 0 Å². The first kappa shape index (κ1) is 15.0. The van der Waals surface area contributed by atoms with Crippen molar-refractivity contribution in [3.63, 3.8) is 0 Å². The highest BCUT2D eigenvalue weighted by Crippen LogP contribution is 2.16. The van der Waals surface area contributed by atoms with Crippen LogP contribution in [-0.2, 0) is 0 Å². The van der Waals surface area contributed by atoms with Crippen molar-refractivity contribution in [2.45, 2.75) is 52.9 Å². The number of nitrogens with zero attached hydrogens (tertiary/aromatic N) is 1. The Hall–Kier alpha value is -0.0800. The van der Waals surface area contributed by atoms with Crippen molar-refractivity contribution in [1.82, 2.24) is 10.2 Å². The average molecular weight is 240 g/mol. The second-order valence-corrected chi connectivity index (χ2v) is 6.05. The van der Waals surface area contributed by atoms with Gasteiger partial charge in [-0.05, 0) is 57.3 Å². The second kappa shape index (κ2) is 8.93. The topological polar surface area (TPSA) is 15.3 Å². The molecule has 1 aliphatic rings. The summed E-state index contributed by atoms with van der Waals surface area (Å²) < 4.78 is 0. The predicted molar refractivity (Wildman–Crippen MR) is 76.4 cm³/mol. The van der Waals surface area contributed by atoms with Crippen molar-refractivity contribution >= 4 is 0 Å². The summed E-state index contributed by atoms with van der Waals surface area (Å²) in [5.74, 6) is 1.78. The Kier molecular flexibility index (Phi) is 7.87. The highest BCUT2D eigenvalue weighted by atomic mass is 15.1. The third-order valence-electron chi connectivity index (χ3n) is 3.74. The highest BCUT2D eigenvalue weighted by molar-refractivity contribution is 4.76. The van der Waals surface area contributed by atoms with E-state index < -0.39 is 0 Å². The average Bonchev–Trinajstić information content (AvgIpc) is 2.73. The van der Waals surface area contributed by atoms with E-state index in [1.54, 1.807) is 0 Å². The smallest absolute Gasteiger partial charge is 0.00223 e. The van der Waals surface area contributed by atoms with Gasteiger partial charge in [-0.25, -0.2) is 0 Å². The Morgan fingerprint density at radius 2 is 2.12 bits per heavy atom. The SMILES string of the molecule is CCCNCC1CCN(CCCCC(C)C)C1. The molecule has 1 fully saturated rings. The molecule has 0 radical (unpaired) electrons. The summed E-state index contributed by atoms with van der Waals surface area (Å²) in [5.41, 5.74) is 0. The molecule has 1 saturated heterocycles. The zero-order valence-electron chi connectivity index (χ0n) is 12.2. The van der Waals surface area contributed by atoms with Crippen LogP contribution in [0.15, 0.2) is 0 Å². The van der Waals surface area contributed by atoms with Crippen molar-refractivity contribution in [3.8, 4) is 0 Å². The largest absolute Gasteiger partial charge is 0.316 e. The molecule has 0 amide bonds. The number of rotatable bonds is 9. The quantitative estimate of drug-likeness (QED) is 0.623. The zero-order valence-corrected chi connectivity index (χ0v) is 12.2. The van der Waals surface area contributed by atoms with Gasteiger partial charge in [0.25, 0.3) is 0 Å². The van der Waals surface area contributed by atoms with E-state index in [1.165, 1.54) is 64.8 Å². The van der Waals surface area contributed by atoms with Crippen LogP contribution in [0.1, 0.15) is 52.9 Å². The highest BCUT2D eigenvalue weighted by Gasteiger charge is 2.21. The first-order chi connectivity index (χ1) is 8.22. The monoisotopic (exact) mass is 240 g/mol. The third-order valence-corrected chi connectivity index (χ3v) is 3.74. The summed E-state index contributed by atoms with van der Waals surface area (Å²) in [6.07, 6.45) is 6.86. The van der Waals surface area contributed by atoms with Crippen LogP contribution in [0.25, 0.3) is 0 Å². The van der Waals surface area contributed by atoms with Gasteiger partial charge in [-0.2, -0.15) is 0 Å². The number of likely N-dealkylation sites (tertiary alicyclic amines) is 1. The van der Waals surface area contributed by atoms with E-state index in [0.29, 0.717) is 0 Å². The Morgan fingerprint density at radius 3 is 2.82 bits per heavy atom. The fourth-order valence-electron chi connectivity index (χ4n) is 2.65. The molecule has 1 N–H and O–H groups in total. The van der Waals surface area contributed by atoms with E-state index in [9.17, 15) is 0 Å². The van der Waals surface area contributed by atoms with Crippen molar-refractivity contribution < 1.29 is 0 Å². The van der Waals surface area contributed by atoms with Crippen LogP contribution in [0.3, 0.4) is 0 Å². The molecule has 0 saturated carbocycles. The fourth-order valence-corrected chi connectivity index (χ4v) is 2.65. The van der Waals surface area contributed by atoms with Crippen molar-refractivity contribution in [2.24, 2.45) is 11.8 Å². The normalized spacial score (nSPS) is 21.5. The van der Waals surface area contributed by atoms with E-state index in [2.05, 4.69) is 31.0 Å². The van der Waals surface area contributed by atoms with Crippen molar-refractivity contribution in [3.05, 3.63) is 0 Å². The Morgan fingerprint density at radius 1 is 1.29 bits per heavy atom. The fraction of sp³-hybridized carbons (Fsp3) is 1.00. The predicted octanol–water partition coefficient (Wildman–Crippen LogP) is 3.13. The van der Waals surface area contributed by atoms with Gasteiger partial charge in [0.15, 0.2) is 0 Å². The van der Waals surface area contributed by atoms with Gasteiger partial charge in [-0.3, -0.25) is 0 Å². The molecule has 0 aromatic rings. The van der Waals surface area contributed by atoms with E-state index in [0.717, 1.165) is 11.8 Å². The first-order valence-corrected chi connectivity index (χ1v) is 7.65. The van der Waals surface area contributed by atoms with E-state index >= 15 is 0 Å². The molecule has 1 atom stereocenters. The maximum Gasteiger partial charge on any atom is 0.00223 e. The summed E-state index contributed by atoms with van der Waals surface area (Å²) in [6.45, 7) is 13.3. The zero-order chi connectivity index (χ0) is 12.5. The van der Waals surface area contributed by atoms with E-state index in [-0.39, 0.29) is 0 Å². The molecule has 17 heavy (non-hydrogen) atoms. The lowest BCUT2D eigenvalue weighted by atomic mass is 10.1. The molecule has 102 valence electrons. The van der Waals surface area contributed by atoms with Gasteiger partial charge in [-0.1, -0.05) is 33.6 Å². The molecule has 0 spiro atoms. The molecule has 2 heteroatoms. The van der Waals surface area contributed by atoms with Crippen LogP contribution in [-0.4, -0.2) is 37.6 Å². The maximum atomic E-state index is 3.55. The van der Waals surface area contributed by atoms with Gasteiger partial charge in [0.2, 0.25) is 0 Å². The summed E-state index contributed by atoms with van der Waals surface area (Å²) in [5, 5.41) is 3.55. The molecule has 0 aromatic heterocycles. The summed E-state index contributed by atoms with van der Waals surface area (Å²) in [4.78, 5) is 2.67. The second-order valence-electron chi connectivity index (χ2n) is 6.05. The number of hydrogen-bond donors (Lipinski definition) is 1. The van der Waals surface area contributed by atoms with Crippen LogP contribution < -0.4 is 5.32 Å². The summed E-state index contributed by atoms with van der Waals surface area (Å²) >= 11 is 0. The summed E-state index contributed by atoms with van der Waals surface area (Å²) in [7, 11) is 0. The van der Waals surface area contributed by atoms with Gasteiger partial charge in [-0.15, -0.1) is 0 Å². The Balaban J connectivity index is 1.97. The molecular weight excluding hydrogens is 208 g/mol. The number of hydrogen-bond acceptors (Lipinski definition) is 2. The first-order valence-electron chi connectivity index (χ1n) is 7.65. The van der Waals surface area contributed by atoms with Crippen molar-refractivity contribution in [2.75, 3.05) is 32.7 Å². The molecule has 1 rings (SSSR count). The molecule has 0 aliphatic carbocycles. The molecule has 1 unspecified atom stereocenters. The molecule has 0 aromatic carbocycles. The van der Waals surface area contributed by atoms with Gasteiger partial charge in [0.1, 0.15) is 0 Å². The minimum atomic E-state index is 0.875. The van der Waals surface area contributed by atoms with Crippen LogP contribution in [0.4, 0.5) is 0 Å². The molecule has 2 nitrogen and oxygen atoms in total. The standard InChI is InChI=1S/C15H32N2/c1-4-9-16-12-15-8-11-17(13-15)10-6-5-7-14(2)3/h14-16H,4-13H2,1-3H3. The Labute approximate surface area is 108 Å². The van der Waals surface area contributed by atoms with Crippen LogP contribution in [0.2, 0.25) is 0 Å². The van der Waals surface area contributed by atoms with Gasteiger partial charge < -0.3 is 10.2 Å². The lowest BCUT2D eigenvalue weighted by molar-refractivity contribution is 0.310. The Bertz CT molecular complexity index is 180. The van der Waals surface area contributed by atoms with Crippen molar-refractivity contribution in [1.29, 1.82) is 0 Å². The minimum absolute atomic E-state index is 0.875. The van der Waals surface area contributed by atoms with Gasteiger partial charge in [0.05, 0.1) is 0 Å². The van der Waals surface area contributed by atoms with Gasteiger partial charge in [0, 0.05) is 6.54 Å². The van der Waals surface area contributed by atoms with E-state index in [1.807, 2.05) is 0 Å². The van der Waals surface area contributed by atoms with Crippen LogP contribution in [0, 0.1) is 11.8 Å². The summed E-state index contributed by atoms with van der Waals surface area (Å²) in [6, 6.07) is 0. The maximum absolute atomic E-state index is 3.55. The molecule has 1 heterocycles. The van der Waals surface area contributed by atoms with Gasteiger partial charge >= 0.3 is 0 Å². The third kappa shape index (κ3) is 7.05. The lowest BCUT2D eigenvalue weighted by Gasteiger charge is -2.16. The molecule has 0 bridgehead atoms. The number of unbranched alkanes of at least 4 members (excludes halogenated alkanes) is 1. The molecule has 1 aliphatic heterocycles. The molecular formula is C15H32N2. The number of nitrogens with one attached hydrogen (secondary N) is 1. The van der Waals surface area contributed by atoms with Crippen LogP contribution in [0.5, 0.6) is 0 Å². The lowest BCUT2D eigenvalue weighted by Crippen LogP contribution is -2.27. The van der Waals surface area contributed by atoms with E-state index in [4.69, 9.17) is 0 Å².